The maximum absolute atomic E-state index is 11.8. The van der Waals surface area contributed by atoms with Crippen molar-refractivity contribution in [1.82, 2.24) is 9.55 Å². The van der Waals surface area contributed by atoms with E-state index in [1.165, 1.54) is 0 Å². The number of nitrogen functional groups attached to an aromatic ring is 1. The van der Waals surface area contributed by atoms with Crippen molar-refractivity contribution in [2.75, 3.05) is 18.2 Å². The average Bonchev–Trinajstić information content (AvgIpc) is 2.92. The van der Waals surface area contributed by atoms with Gasteiger partial charge in [0.1, 0.15) is 5.75 Å². The first-order valence-corrected chi connectivity index (χ1v) is 5.88. The van der Waals surface area contributed by atoms with Gasteiger partial charge in [-0.25, -0.2) is 4.98 Å². The molecule has 0 fully saturated rings. The minimum atomic E-state index is -0.103. The quantitative estimate of drug-likeness (QED) is 0.798. The topological polar surface area (TPSA) is 82.2 Å². The van der Waals surface area contributed by atoms with Gasteiger partial charge in [-0.15, -0.1) is 0 Å². The molecule has 19 heavy (non-hydrogen) atoms. The van der Waals surface area contributed by atoms with Crippen molar-refractivity contribution in [1.29, 1.82) is 0 Å². The lowest BCUT2D eigenvalue weighted by molar-refractivity contribution is -0.116. The van der Waals surface area contributed by atoms with Crippen LogP contribution in [0.2, 0.25) is 0 Å². The van der Waals surface area contributed by atoms with Crippen molar-refractivity contribution < 1.29 is 9.53 Å². The zero-order valence-electron chi connectivity index (χ0n) is 10.7. The first kappa shape index (κ1) is 12.9. The summed E-state index contributed by atoms with van der Waals surface area (Å²) in [4.78, 5) is 15.7. The van der Waals surface area contributed by atoms with Gasteiger partial charge in [0.2, 0.25) is 5.91 Å². The molecule has 100 valence electrons. The lowest BCUT2D eigenvalue weighted by atomic mass is 10.2. The van der Waals surface area contributed by atoms with Gasteiger partial charge in [-0.2, -0.15) is 0 Å². The van der Waals surface area contributed by atoms with Gasteiger partial charge in [-0.1, -0.05) is 0 Å². The van der Waals surface area contributed by atoms with Gasteiger partial charge in [0, 0.05) is 31.4 Å². The van der Waals surface area contributed by atoms with Crippen LogP contribution in [0.4, 0.5) is 11.4 Å². The number of nitrogens with two attached hydrogens (primary N) is 1. The van der Waals surface area contributed by atoms with Crippen LogP contribution in [0.1, 0.15) is 6.42 Å². The summed E-state index contributed by atoms with van der Waals surface area (Å²) in [7, 11) is 1.57. The molecule has 1 aromatic heterocycles. The van der Waals surface area contributed by atoms with Crippen molar-refractivity contribution in [3.05, 3.63) is 36.9 Å². The van der Waals surface area contributed by atoms with Crippen molar-refractivity contribution in [3.63, 3.8) is 0 Å². The number of amides is 1. The highest BCUT2D eigenvalue weighted by atomic mass is 16.5. The maximum atomic E-state index is 11.8. The van der Waals surface area contributed by atoms with Crippen molar-refractivity contribution in [3.8, 4) is 5.75 Å². The summed E-state index contributed by atoms with van der Waals surface area (Å²) in [5.74, 6) is 0.549. The Morgan fingerprint density at radius 3 is 3.05 bits per heavy atom. The molecule has 1 amide bonds. The molecule has 6 heteroatoms. The maximum Gasteiger partial charge on any atom is 0.226 e. The van der Waals surface area contributed by atoms with E-state index in [1.54, 1.807) is 37.8 Å². The van der Waals surface area contributed by atoms with Gasteiger partial charge in [-0.05, 0) is 12.1 Å². The van der Waals surface area contributed by atoms with E-state index >= 15 is 0 Å². The van der Waals surface area contributed by atoms with Crippen LogP contribution in [0.15, 0.2) is 36.9 Å². The summed E-state index contributed by atoms with van der Waals surface area (Å²) < 4.78 is 6.93. The van der Waals surface area contributed by atoms with Gasteiger partial charge in [0.25, 0.3) is 0 Å². The minimum absolute atomic E-state index is 0.103. The van der Waals surface area contributed by atoms with Crippen molar-refractivity contribution in [2.45, 2.75) is 13.0 Å². The van der Waals surface area contributed by atoms with E-state index in [0.717, 1.165) is 0 Å². The largest absolute Gasteiger partial charge is 0.497 e. The molecule has 0 radical (unpaired) electrons. The average molecular weight is 260 g/mol. The van der Waals surface area contributed by atoms with Crippen LogP contribution < -0.4 is 15.8 Å². The third-order valence-corrected chi connectivity index (χ3v) is 2.69. The molecule has 0 aliphatic heterocycles. The van der Waals surface area contributed by atoms with E-state index in [4.69, 9.17) is 10.5 Å². The van der Waals surface area contributed by atoms with E-state index in [1.807, 2.05) is 10.8 Å². The molecule has 0 unspecified atom stereocenters. The second-order valence-electron chi connectivity index (χ2n) is 4.05. The fourth-order valence-electron chi connectivity index (χ4n) is 1.63. The molecule has 0 aliphatic rings. The second kappa shape index (κ2) is 5.90. The highest BCUT2D eigenvalue weighted by Crippen LogP contribution is 2.24. The van der Waals surface area contributed by atoms with Crippen LogP contribution in [-0.2, 0) is 11.3 Å². The standard InChI is InChI=1S/C13H16N4O2/c1-19-10-2-3-11(14)12(8-10)16-13(18)4-6-17-7-5-15-9-17/h2-3,5,7-9H,4,6,14H2,1H3,(H,16,18). The molecule has 2 aromatic rings. The number of imidazole rings is 1. The Kier molecular flexibility index (Phi) is 4.02. The summed E-state index contributed by atoms with van der Waals surface area (Å²) in [6.07, 6.45) is 5.52. The molecule has 0 atom stereocenters. The van der Waals surface area contributed by atoms with Gasteiger partial charge >= 0.3 is 0 Å². The van der Waals surface area contributed by atoms with E-state index in [-0.39, 0.29) is 5.91 Å². The van der Waals surface area contributed by atoms with Crippen LogP contribution >= 0.6 is 0 Å². The Morgan fingerprint density at radius 2 is 2.37 bits per heavy atom. The zero-order valence-corrected chi connectivity index (χ0v) is 10.7. The van der Waals surface area contributed by atoms with Crippen LogP contribution in [0.3, 0.4) is 0 Å². The number of anilines is 2. The third kappa shape index (κ3) is 3.48. The number of carbonyl (C=O) groups is 1. The monoisotopic (exact) mass is 260 g/mol. The number of hydrogen-bond acceptors (Lipinski definition) is 4. The third-order valence-electron chi connectivity index (χ3n) is 2.69. The molecule has 0 spiro atoms. The second-order valence-corrected chi connectivity index (χ2v) is 4.05. The lowest BCUT2D eigenvalue weighted by Crippen LogP contribution is -2.15. The molecule has 1 heterocycles. The predicted molar refractivity (Wildman–Crippen MR) is 72.9 cm³/mol. The number of aryl methyl sites for hydroxylation is 1. The number of ether oxygens (including phenoxy) is 1. The lowest BCUT2D eigenvalue weighted by Gasteiger charge is -2.10. The molecular formula is C13H16N4O2. The number of carbonyl (C=O) groups excluding carboxylic acids is 1. The van der Waals surface area contributed by atoms with Crippen LogP contribution in [0.5, 0.6) is 5.75 Å². The summed E-state index contributed by atoms with van der Waals surface area (Å²) in [5, 5.41) is 2.77. The molecule has 0 bridgehead atoms. The van der Waals surface area contributed by atoms with E-state index in [9.17, 15) is 4.79 Å². The number of benzene rings is 1. The summed E-state index contributed by atoms with van der Waals surface area (Å²) in [5.41, 5.74) is 6.87. The van der Waals surface area contributed by atoms with Crippen LogP contribution in [-0.4, -0.2) is 22.6 Å². The normalized spacial score (nSPS) is 10.2. The Labute approximate surface area is 111 Å². The highest BCUT2D eigenvalue weighted by Gasteiger charge is 2.06. The Hall–Kier alpha value is -2.50. The van der Waals surface area contributed by atoms with Gasteiger partial charge in [-0.3, -0.25) is 4.79 Å². The highest BCUT2D eigenvalue weighted by molar-refractivity contribution is 5.94. The summed E-state index contributed by atoms with van der Waals surface area (Å²) >= 11 is 0. The molecule has 1 aromatic carbocycles. The first-order chi connectivity index (χ1) is 9.19. The first-order valence-electron chi connectivity index (χ1n) is 5.88. The Morgan fingerprint density at radius 1 is 1.53 bits per heavy atom. The van der Waals surface area contributed by atoms with Crippen molar-refractivity contribution in [2.24, 2.45) is 0 Å². The fraction of sp³-hybridized carbons (Fsp3) is 0.231. The number of rotatable bonds is 5. The zero-order chi connectivity index (χ0) is 13.7. The van der Waals surface area contributed by atoms with E-state index in [0.29, 0.717) is 30.1 Å². The predicted octanol–water partition coefficient (Wildman–Crippen LogP) is 1.50. The fourth-order valence-corrected chi connectivity index (χ4v) is 1.63. The number of nitrogens with zero attached hydrogens (tertiary/aromatic N) is 2. The molecular weight excluding hydrogens is 244 g/mol. The molecule has 0 aliphatic carbocycles. The van der Waals surface area contributed by atoms with Crippen LogP contribution in [0.25, 0.3) is 0 Å². The molecule has 0 saturated heterocycles. The Balaban J connectivity index is 1.94. The van der Waals surface area contributed by atoms with Crippen LogP contribution in [0, 0.1) is 0 Å². The minimum Gasteiger partial charge on any atom is -0.497 e. The van der Waals surface area contributed by atoms with Gasteiger partial charge in [0.05, 0.1) is 24.8 Å². The SMILES string of the molecule is COc1ccc(N)c(NC(=O)CCn2ccnc2)c1. The number of methoxy groups -OCH3 is 1. The molecule has 0 saturated carbocycles. The molecule has 2 rings (SSSR count). The van der Waals surface area contributed by atoms with Gasteiger partial charge < -0.3 is 20.4 Å². The van der Waals surface area contributed by atoms with Crippen molar-refractivity contribution >= 4 is 17.3 Å². The molecule has 3 N–H and O–H groups in total. The number of aromatic nitrogens is 2. The summed E-state index contributed by atoms with van der Waals surface area (Å²) in [6.45, 7) is 0.579. The smallest absolute Gasteiger partial charge is 0.226 e. The number of nitrogens with one attached hydrogen (secondary N) is 1. The van der Waals surface area contributed by atoms with E-state index < -0.39 is 0 Å². The Bertz CT molecular complexity index is 552. The van der Waals surface area contributed by atoms with Gasteiger partial charge in [0.15, 0.2) is 0 Å². The molecule has 6 nitrogen and oxygen atoms in total. The van der Waals surface area contributed by atoms with E-state index in [2.05, 4.69) is 10.3 Å². The number of hydrogen-bond donors (Lipinski definition) is 2. The summed E-state index contributed by atoms with van der Waals surface area (Å²) in [6, 6.07) is 5.14.